The van der Waals surface area contributed by atoms with Crippen LogP contribution in [-0.2, 0) is 6.54 Å². The molecule has 3 nitrogen and oxygen atoms in total. The lowest BCUT2D eigenvalue weighted by molar-refractivity contribution is 0.475. The van der Waals surface area contributed by atoms with Crippen LogP contribution >= 0.6 is 11.3 Å². The van der Waals surface area contributed by atoms with E-state index in [1.54, 1.807) is 11.3 Å². The van der Waals surface area contributed by atoms with E-state index in [1.165, 1.54) is 17.5 Å². The predicted octanol–water partition coefficient (Wildman–Crippen LogP) is 3.70. The summed E-state index contributed by atoms with van der Waals surface area (Å²) in [6.45, 7) is 3.79. The minimum absolute atomic E-state index is 0.512. The number of hydrogen-bond donors (Lipinski definition) is 1. The van der Waals surface area contributed by atoms with Gasteiger partial charge < -0.3 is 10.2 Å². The van der Waals surface area contributed by atoms with Crippen LogP contribution < -0.4 is 5.32 Å². The average Bonchev–Trinajstić information content (AvgIpc) is 3.12. The summed E-state index contributed by atoms with van der Waals surface area (Å²) >= 11 is 1.74. The van der Waals surface area contributed by atoms with Crippen molar-refractivity contribution in [2.24, 2.45) is 4.99 Å². The summed E-state index contributed by atoms with van der Waals surface area (Å²) in [6.07, 6.45) is 1.19. The highest BCUT2D eigenvalue weighted by Gasteiger charge is 2.39. The zero-order valence-corrected chi connectivity index (χ0v) is 14.0. The van der Waals surface area contributed by atoms with Gasteiger partial charge in [-0.2, -0.15) is 11.3 Å². The number of thiophene rings is 1. The second-order valence-electron chi connectivity index (χ2n) is 5.79. The smallest absolute Gasteiger partial charge is 0.194 e. The zero-order chi connectivity index (χ0) is 15.4. The van der Waals surface area contributed by atoms with Crippen LogP contribution in [0.2, 0.25) is 0 Å². The third kappa shape index (κ3) is 3.69. The standard InChI is InChI=1S/C18H23N3S/c1-3-19-18(21(2)12-14-9-10-22-13-14)20-17-11-16(17)15-7-5-4-6-8-15/h4-10,13,16-17H,3,11-12H2,1-2H3,(H,19,20). The van der Waals surface area contributed by atoms with Gasteiger partial charge in [0.2, 0.25) is 0 Å². The third-order valence-electron chi connectivity index (χ3n) is 4.00. The Bertz CT molecular complexity index is 607. The van der Waals surface area contributed by atoms with Crippen LogP contribution in [0.1, 0.15) is 30.4 Å². The van der Waals surface area contributed by atoms with Crippen molar-refractivity contribution in [2.75, 3.05) is 13.6 Å². The van der Waals surface area contributed by atoms with Gasteiger partial charge >= 0.3 is 0 Å². The van der Waals surface area contributed by atoms with Crippen molar-refractivity contribution in [3.63, 3.8) is 0 Å². The molecule has 0 bridgehead atoms. The summed E-state index contributed by atoms with van der Waals surface area (Å²) in [5.74, 6) is 1.63. The van der Waals surface area contributed by atoms with E-state index in [0.717, 1.165) is 19.0 Å². The van der Waals surface area contributed by atoms with Crippen molar-refractivity contribution in [1.82, 2.24) is 10.2 Å². The van der Waals surface area contributed by atoms with Crippen molar-refractivity contribution in [1.29, 1.82) is 0 Å². The molecule has 0 amide bonds. The maximum atomic E-state index is 4.65. The highest BCUT2D eigenvalue weighted by Crippen LogP contribution is 2.40. The first-order valence-corrected chi connectivity index (χ1v) is 8.80. The lowest BCUT2D eigenvalue weighted by atomic mass is 10.1. The fraction of sp³-hybridized carbons (Fsp3) is 0.389. The Morgan fingerprint density at radius 2 is 2.14 bits per heavy atom. The molecule has 1 heterocycles. The molecule has 4 heteroatoms. The molecule has 1 fully saturated rings. The molecule has 0 aliphatic heterocycles. The van der Waals surface area contributed by atoms with Gasteiger partial charge in [0, 0.05) is 32.1 Å². The van der Waals surface area contributed by atoms with E-state index >= 15 is 0 Å². The number of nitrogens with zero attached hydrogens (tertiary/aromatic N) is 2. The number of guanidine groups is 1. The molecule has 1 aromatic carbocycles. The largest absolute Gasteiger partial charge is 0.353 e. The molecule has 22 heavy (non-hydrogen) atoms. The fourth-order valence-corrected chi connectivity index (χ4v) is 3.41. The number of rotatable bonds is 5. The van der Waals surface area contributed by atoms with E-state index in [4.69, 9.17) is 0 Å². The fourth-order valence-electron chi connectivity index (χ4n) is 2.75. The maximum Gasteiger partial charge on any atom is 0.194 e. The molecule has 0 radical (unpaired) electrons. The first-order valence-electron chi connectivity index (χ1n) is 7.86. The summed E-state index contributed by atoms with van der Waals surface area (Å²) in [7, 11) is 2.11. The Kier molecular flexibility index (Phi) is 4.78. The Morgan fingerprint density at radius 3 is 2.82 bits per heavy atom. The van der Waals surface area contributed by atoms with Crippen molar-refractivity contribution >= 4 is 17.3 Å². The average molecular weight is 313 g/mol. The van der Waals surface area contributed by atoms with Crippen LogP contribution in [0, 0.1) is 0 Å². The van der Waals surface area contributed by atoms with E-state index in [0.29, 0.717) is 12.0 Å². The quantitative estimate of drug-likeness (QED) is 0.673. The van der Waals surface area contributed by atoms with E-state index in [2.05, 4.69) is 76.3 Å². The summed E-state index contributed by atoms with van der Waals surface area (Å²) in [5, 5.41) is 7.95. The Labute approximate surface area is 136 Å². The molecule has 1 aliphatic carbocycles. The van der Waals surface area contributed by atoms with E-state index < -0.39 is 0 Å². The molecule has 1 saturated carbocycles. The summed E-state index contributed by atoms with van der Waals surface area (Å²) in [6, 6.07) is 13.4. The third-order valence-corrected chi connectivity index (χ3v) is 4.73. The highest BCUT2D eigenvalue weighted by molar-refractivity contribution is 7.07. The van der Waals surface area contributed by atoms with Gasteiger partial charge in [0.05, 0.1) is 0 Å². The Morgan fingerprint density at radius 1 is 1.32 bits per heavy atom. The van der Waals surface area contributed by atoms with Crippen LogP contribution in [-0.4, -0.2) is 30.5 Å². The number of hydrogen-bond acceptors (Lipinski definition) is 2. The molecular weight excluding hydrogens is 290 g/mol. The van der Waals surface area contributed by atoms with Crippen molar-refractivity contribution < 1.29 is 0 Å². The number of aliphatic imine (C=N–C) groups is 1. The maximum absolute atomic E-state index is 4.65. The second kappa shape index (κ2) is 6.97. The molecular formula is C18H23N3S. The van der Waals surface area contributed by atoms with E-state index in [-0.39, 0.29) is 0 Å². The van der Waals surface area contributed by atoms with Gasteiger partial charge in [-0.25, -0.2) is 0 Å². The normalized spacial score (nSPS) is 20.7. The second-order valence-corrected chi connectivity index (χ2v) is 6.57. The lowest BCUT2D eigenvalue weighted by Gasteiger charge is -2.22. The topological polar surface area (TPSA) is 27.6 Å². The first-order chi connectivity index (χ1) is 10.8. The molecule has 2 unspecified atom stereocenters. The lowest BCUT2D eigenvalue weighted by Crippen LogP contribution is -2.40. The molecule has 1 aliphatic rings. The summed E-state index contributed by atoms with van der Waals surface area (Å²) in [4.78, 5) is 6.86. The molecule has 1 N–H and O–H groups in total. The number of benzene rings is 1. The van der Waals surface area contributed by atoms with E-state index in [1.807, 2.05) is 0 Å². The van der Waals surface area contributed by atoms with Gasteiger partial charge in [0.15, 0.2) is 5.96 Å². The minimum Gasteiger partial charge on any atom is -0.353 e. The van der Waals surface area contributed by atoms with E-state index in [9.17, 15) is 0 Å². The highest BCUT2D eigenvalue weighted by atomic mass is 32.1. The van der Waals surface area contributed by atoms with Crippen LogP contribution in [0.5, 0.6) is 0 Å². The van der Waals surface area contributed by atoms with Gasteiger partial charge in [-0.15, -0.1) is 0 Å². The number of nitrogens with one attached hydrogen (secondary N) is 1. The van der Waals surface area contributed by atoms with Gasteiger partial charge in [-0.1, -0.05) is 30.3 Å². The first kappa shape index (κ1) is 15.1. The Balaban J connectivity index is 1.60. The molecule has 3 rings (SSSR count). The van der Waals surface area contributed by atoms with Crippen molar-refractivity contribution in [2.45, 2.75) is 31.8 Å². The van der Waals surface area contributed by atoms with Gasteiger partial charge in [-0.05, 0) is 41.3 Å². The zero-order valence-electron chi connectivity index (χ0n) is 13.2. The van der Waals surface area contributed by atoms with Crippen molar-refractivity contribution in [3.05, 3.63) is 58.3 Å². The minimum atomic E-state index is 0.512. The SMILES string of the molecule is CCN=C(NC1CC1c1ccccc1)N(C)Cc1ccsc1. The molecule has 0 spiro atoms. The molecule has 2 aromatic rings. The predicted molar refractivity (Wildman–Crippen MR) is 94.5 cm³/mol. The van der Waals surface area contributed by atoms with Gasteiger partial charge in [0.25, 0.3) is 0 Å². The summed E-state index contributed by atoms with van der Waals surface area (Å²) < 4.78 is 0. The van der Waals surface area contributed by atoms with Gasteiger partial charge in [-0.3, -0.25) is 4.99 Å². The summed E-state index contributed by atoms with van der Waals surface area (Å²) in [5.41, 5.74) is 2.77. The van der Waals surface area contributed by atoms with Crippen molar-refractivity contribution in [3.8, 4) is 0 Å². The van der Waals surface area contributed by atoms with Crippen LogP contribution in [0.15, 0.2) is 52.2 Å². The van der Waals surface area contributed by atoms with Gasteiger partial charge in [0.1, 0.15) is 0 Å². The Hall–Kier alpha value is -1.81. The monoisotopic (exact) mass is 313 g/mol. The molecule has 1 aromatic heterocycles. The molecule has 2 atom stereocenters. The molecule has 116 valence electrons. The molecule has 0 saturated heterocycles. The van der Waals surface area contributed by atoms with Crippen LogP contribution in [0.25, 0.3) is 0 Å². The van der Waals surface area contributed by atoms with Crippen LogP contribution in [0.3, 0.4) is 0 Å². The van der Waals surface area contributed by atoms with Crippen LogP contribution in [0.4, 0.5) is 0 Å².